The molecular weight excluding hydrogens is 711 g/mol. The standard InChI is InChI=1S/C40H45N5O8S/c1-40(2,3)53-38(49)42-30(26-14-8-5-9-15-26)34(46)41-31-35(47)45-32(29(25-54-36(31)45)24-51-39(50)44-22-20-43(4)21-23-44)37(48)52-33(27-16-10-6-11-17-27)28-18-12-7-13-19-28/h5-19,30-31,33,36H,20-25H2,1-4H3,(H,41,46)(H,42,49)/t30-,31?,36-/m0/s1. The highest BCUT2D eigenvalue weighted by molar-refractivity contribution is 8.00. The van der Waals surface area contributed by atoms with Gasteiger partial charge in [-0.3, -0.25) is 14.5 Å². The third-order valence-electron chi connectivity index (χ3n) is 9.16. The molecule has 0 aromatic heterocycles. The van der Waals surface area contributed by atoms with E-state index in [1.807, 2.05) is 67.7 Å². The lowest BCUT2D eigenvalue weighted by atomic mass is 10.00. The minimum Gasteiger partial charge on any atom is -0.448 e. The summed E-state index contributed by atoms with van der Waals surface area (Å²) in [7, 11) is 1.98. The van der Waals surface area contributed by atoms with Crippen LogP contribution in [-0.4, -0.2) is 107 Å². The number of nitrogens with one attached hydrogen (secondary N) is 2. The number of hydrogen-bond acceptors (Lipinski definition) is 10. The van der Waals surface area contributed by atoms with Gasteiger partial charge in [-0.15, -0.1) is 11.8 Å². The van der Waals surface area contributed by atoms with Gasteiger partial charge >= 0.3 is 18.2 Å². The molecule has 3 aliphatic rings. The molecule has 1 unspecified atom stereocenters. The molecule has 14 heteroatoms. The number of piperazine rings is 1. The van der Waals surface area contributed by atoms with E-state index in [0.29, 0.717) is 37.3 Å². The van der Waals surface area contributed by atoms with E-state index < -0.39 is 59.1 Å². The summed E-state index contributed by atoms with van der Waals surface area (Å²) in [6, 6.07) is 25.0. The maximum Gasteiger partial charge on any atom is 0.410 e. The van der Waals surface area contributed by atoms with Crippen molar-refractivity contribution in [2.24, 2.45) is 0 Å². The molecule has 0 radical (unpaired) electrons. The Balaban J connectivity index is 1.25. The summed E-state index contributed by atoms with van der Waals surface area (Å²) in [5.74, 6) is -1.72. The Bertz CT molecular complexity index is 1820. The van der Waals surface area contributed by atoms with Gasteiger partial charge in [0.05, 0.1) is 0 Å². The number of benzene rings is 3. The van der Waals surface area contributed by atoms with Crippen LogP contribution in [0, 0.1) is 0 Å². The lowest BCUT2D eigenvalue weighted by molar-refractivity contribution is -0.155. The number of esters is 1. The zero-order valence-electron chi connectivity index (χ0n) is 30.7. The largest absolute Gasteiger partial charge is 0.448 e. The molecule has 4 amide bonds. The Morgan fingerprint density at radius 2 is 1.39 bits per heavy atom. The monoisotopic (exact) mass is 755 g/mol. The molecule has 6 rings (SSSR count). The summed E-state index contributed by atoms with van der Waals surface area (Å²) in [6.07, 6.45) is -2.10. The number of hydrogen-bond donors (Lipinski definition) is 2. The van der Waals surface area contributed by atoms with E-state index in [-0.39, 0.29) is 18.1 Å². The van der Waals surface area contributed by atoms with E-state index in [1.54, 1.807) is 56.0 Å². The van der Waals surface area contributed by atoms with Crippen LogP contribution in [0.5, 0.6) is 0 Å². The molecule has 3 heterocycles. The lowest BCUT2D eigenvalue weighted by Crippen LogP contribution is -2.71. The molecular formula is C40H45N5O8S. The van der Waals surface area contributed by atoms with E-state index in [9.17, 15) is 24.0 Å². The Kier molecular flexibility index (Phi) is 11.9. The van der Waals surface area contributed by atoms with Crippen molar-refractivity contribution in [3.63, 3.8) is 0 Å². The van der Waals surface area contributed by atoms with Gasteiger partial charge in [0.25, 0.3) is 5.91 Å². The van der Waals surface area contributed by atoms with Gasteiger partial charge in [0.2, 0.25) is 5.91 Å². The second kappa shape index (κ2) is 16.8. The molecule has 0 spiro atoms. The van der Waals surface area contributed by atoms with E-state index in [0.717, 1.165) is 11.1 Å². The number of β-lactam (4-membered cyclic amide) rings is 1. The molecule has 13 nitrogen and oxygen atoms in total. The van der Waals surface area contributed by atoms with Crippen LogP contribution in [0.4, 0.5) is 9.59 Å². The highest BCUT2D eigenvalue weighted by atomic mass is 32.2. The molecule has 3 aromatic carbocycles. The van der Waals surface area contributed by atoms with Crippen molar-refractivity contribution in [2.45, 2.75) is 49.9 Å². The maximum atomic E-state index is 14.4. The van der Waals surface area contributed by atoms with Crippen molar-refractivity contribution in [2.75, 3.05) is 45.6 Å². The minimum atomic E-state index is -1.17. The first kappa shape index (κ1) is 38.4. The van der Waals surface area contributed by atoms with Crippen LogP contribution in [0.25, 0.3) is 0 Å². The van der Waals surface area contributed by atoms with Crippen LogP contribution in [0.3, 0.4) is 0 Å². The Morgan fingerprint density at radius 3 is 1.94 bits per heavy atom. The molecule has 54 heavy (non-hydrogen) atoms. The average molecular weight is 756 g/mol. The second-order valence-electron chi connectivity index (χ2n) is 14.3. The van der Waals surface area contributed by atoms with Crippen molar-refractivity contribution < 1.29 is 38.2 Å². The van der Waals surface area contributed by atoms with Crippen molar-refractivity contribution in [3.8, 4) is 0 Å². The van der Waals surface area contributed by atoms with E-state index in [4.69, 9.17) is 14.2 Å². The summed E-state index contributed by atoms with van der Waals surface area (Å²) in [6.45, 7) is 7.35. The summed E-state index contributed by atoms with van der Waals surface area (Å²) in [4.78, 5) is 73.1. The van der Waals surface area contributed by atoms with E-state index >= 15 is 0 Å². The van der Waals surface area contributed by atoms with Gasteiger partial charge in [0.1, 0.15) is 35.4 Å². The Hall–Kier alpha value is -5.34. The third kappa shape index (κ3) is 9.05. The molecule has 0 saturated carbocycles. The molecule has 0 aliphatic carbocycles. The molecule has 3 atom stereocenters. The predicted octanol–water partition coefficient (Wildman–Crippen LogP) is 4.62. The smallest absolute Gasteiger partial charge is 0.410 e. The fraction of sp³-hybridized carbons (Fsp3) is 0.375. The van der Waals surface area contributed by atoms with Crippen LogP contribution < -0.4 is 10.6 Å². The number of nitrogens with zero attached hydrogens (tertiary/aromatic N) is 3. The van der Waals surface area contributed by atoms with Crippen molar-refractivity contribution in [1.29, 1.82) is 0 Å². The number of likely N-dealkylation sites (N-methyl/N-ethyl adjacent to an activating group) is 1. The number of rotatable bonds is 10. The maximum absolute atomic E-state index is 14.4. The highest BCUT2D eigenvalue weighted by Gasteiger charge is 2.55. The van der Waals surface area contributed by atoms with Gasteiger partial charge in [0.15, 0.2) is 6.10 Å². The van der Waals surface area contributed by atoms with E-state index in [1.165, 1.54) is 16.7 Å². The first-order chi connectivity index (χ1) is 25.9. The number of carbonyl (C=O) groups is 5. The number of thioether (sulfide) groups is 1. The number of alkyl carbamates (subject to hydrolysis) is 1. The molecule has 2 N–H and O–H groups in total. The van der Waals surface area contributed by atoms with Crippen molar-refractivity contribution in [3.05, 3.63) is 119 Å². The lowest BCUT2D eigenvalue weighted by Gasteiger charge is -2.50. The topological polar surface area (TPSA) is 147 Å². The molecule has 2 saturated heterocycles. The molecule has 2 fully saturated rings. The van der Waals surface area contributed by atoms with Gasteiger partial charge in [-0.2, -0.15) is 0 Å². The summed E-state index contributed by atoms with van der Waals surface area (Å²) in [5, 5.41) is 4.76. The van der Waals surface area contributed by atoms with Gasteiger partial charge in [0, 0.05) is 37.5 Å². The first-order valence-corrected chi connectivity index (χ1v) is 18.9. The second-order valence-corrected chi connectivity index (χ2v) is 15.4. The van der Waals surface area contributed by atoms with Gasteiger partial charge in [-0.05, 0) is 44.5 Å². The zero-order valence-corrected chi connectivity index (χ0v) is 31.5. The summed E-state index contributed by atoms with van der Waals surface area (Å²) in [5.41, 5.74) is 1.53. The summed E-state index contributed by atoms with van der Waals surface area (Å²) < 4.78 is 17.4. The normalized spacial score (nSPS) is 19.3. The van der Waals surface area contributed by atoms with Crippen LogP contribution >= 0.6 is 11.8 Å². The molecule has 284 valence electrons. The van der Waals surface area contributed by atoms with E-state index in [2.05, 4.69) is 15.5 Å². The minimum absolute atomic E-state index is 0.0243. The first-order valence-electron chi connectivity index (χ1n) is 17.8. The highest BCUT2D eigenvalue weighted by Crippen LogP contribution is 2.42. The third-order valence-corrected chi connectivity index (χ3v) is 10.5. The number of ether oxygens (including phenoxy) is 3. The fourth-order valence-electron chi connectivity index (χ4n) is 6.37. The average Bonchev–Trinajstić information content (AvgIpc) is 3.17. The molecule has 3 aliphatic heterocycles. The zero-order chi connectivity index (χ0) is 38.4. The number of amides is 4. The van der Waals surface area contributed by atoms with Gasteiger partial charge in [-0.1, -0.05) is 91.0 Å². The predicted molar refractivity (Wildman–Crippen MR) is 202 cm³/mol. The van der Waals surface area contributed by atoms with Crippen LogP contribution in [0.1, 0.15) is 49.6 Å². The summed E-state index contributed by atoms with van der Waals surface area (Å²) >= 11 is 1.33. The SMILES string of the molecule is CN1CCN(C(=O)OCC2=C(C(=O)OC(c3ccccc3)c3ccccc3)N3C(=O)C(NC(=O)[C@@H](NC(=O)OC(C)(C)C)c4ccccc4)[C@@H]3SC2)CC1. The quantitative estimate of drug-likeness (QED) is 0.171. The fourth-order valence-corrected chi connectivity index (χ4v) is 7.69. The Morgan fingerprint density at radius 1 is 0.833 bits per heavy atom. The molecule has 0 bridgehead atoms. The number of carbonyl (C=O) groups excluding carboxylic acids is 5. The van der Waals surface area contributed by atoms with Crippen molar-refractivity contribution in [1.82, 2.24) is 25.3 Å². The Labute approximate surface area is 319 Å². The number of fused-ring (bicyclic) bond motifs is 1. The van der Waals surface area contributed by atoms with Gasteiger partial charge in [-0.25, -0.2) is 14.4 Å². The van der Waals surface area contributed by atoms with Crippen molar-refractivity contribution >= 4 is 41.7 Å². The van der Waals surface area contributed by atoms with Crippen LogP contribution in [0.15, 0.2) is 102 Å². The van der Waals surface area contributed by atoms with Crippen LogP contribution in [0.2, 0.25) is 0 Å². The van der Waals surface area contributed by atoms with Gasteiger partial charge < -0.3 is 34.6 Å². The molecule has 3 aromatic rings. The van der Waals surface area contributed by atoms with Crippen LogP contribution in [-0.2, 0) is 28.6 Å².